The van der Waals surface area contributed by atoms with Gasteiger partial charge in [0, 0.05) is 30.1 Å². The van der Waals surface area contributed by atoms with Crippen LogP contribution in [0.3, 0.4) is 0 Å². The molecular formula is C15H21N3O. The van der Waals surface area contributed by atoms with Crippen LogP contribution in [0.4, 0.5) is 5.82 Å². The van der Waals surface area contributed by atoms with Crippen molar-refractivity contribution < 1.29 is 4.74 Å². The maximum atomic E-state index is 5.25. The Morgan fingerprint density at radius 3 is 2.68 bits per heavy atom. The summed E-state index contributed by atoms with van der Waals surface area (Å²) in [7, 11) is 5.80. The lowest BCUT2D eigenvalue weighted by molar-refractivity contribution is 0.403. The average molecular weight is 259 g/mol. The van der Waals surface area contributed by atoms with E-state index >= 15 is 0 Å². The Hall–Kier alpha value is -1.81. The third-order valence-corrected chi connectivity index (χ3v) is 2.93. The normalized spacial score (nSPS) is 11.0. The van der Waals surface area contributed by atoms with E-state index in [2.05, 4.69) is 43.4 Å². The van der Waals surface area contributed by atoms with Gasteiger partial charge in [-0.05, 0) is 39.2 Å². The number of nitrogens with one attached hydrogen (secondary N) is 1. The molecule has 0 bridgehead atoms. The summed E-state index contributed by atoms with van der Waals surface area (Å²) in [6.07, 6.45) is 0. The predicted molar refractivity (Wildman–Crippen MR) is 79.8 cm³/mol. The fraction of sp³-hybridized carbons (Fsp3) is 0.400. The zero-order valence-corrected chi connectivity index (χ0v) is 12.0. The minimum absolute atomic E-state index is 0.836. The van der Waals surface area contributed by atoms with E-state index in [1.165, 1.54) is 5.56 Å². The summed E-state index contributed by atoms with van der Waals surface area (Å²) in [5.41, 5.74) is 2.17. The minimum atomic E-state index is 0.836. The van der Waals surface area contributed by atoms with E-state index < -0.39 is 0 Å². The number of hydrogen-bond acceptors (Lipinski definition) is 4. The van der Waals surface area contributed by atoms with Crippen molar-refractivity contribution >= 4 is 16.7 Å². The van der Waals surface area contributed by atoms with Crippen LogP contribution in [0.25, 0.3) is 10.9 Å². The molecule has 4 nitrogen and oxygen atoms in total. The summed E-state index contributed by atoms with van der Waals surface area (Å²) in [5.74, 6) is 1.79. The fourth-order valence-electron chi connectivity index (χ4n) is 2.10. The molecule has 2 aromatic rings. The van der Waals surface area contributed by atoms with Crippen molar-refractivity contribution in [3.63, 3.8) is 0 Å². The molecule has 1 aromatic carbocycles. The van der Waals surface area contributed by atoms with Gasteiger partial charge in [-0.3, -0.25) is 0 Å². The van der Waals surface area contributed by atoms with Gasteiger partial charge in [-0.25, -0.2) is 4.98 Å². The number of aromatic nitrogens is 1. The zero-order valence-electron chi connectivity index (χ0n) is 12.0. The number of fused-ring (bicyclic) bond motifs is 1. The van der Waals surface area contributed by atoms with Crippen LogP contribution in [-0.2, 0) is 6.54 Å². The van der Waals surface area contributed by atoms with Crippen LogP contribution in [0, 0.1) is 0 Å². The van der Waals surface area contributed by atoms with Crippen molar-refractivity contribution in [1.29, 1.82) is 0 Å². The molecule has 1 aromatic heterocycles. The molecule has 0 unspecified atom stereocenters. The first-order valence-corrected chi connectivity index (χ1v) is 6.50. The molecule has 0 saturated heterocycles. The Morgan fingerprint density at radius 1 is 1.26 bits per heavy atom. The van der Waals surface area contributed by atoms with Gasteiger partial charge in [-0.2, -0.15) is 0 Å². The third-order valence-electron chi connectivity index (χ3n) is 2.93. The second-order valence-corrected chi connectivity index (χ2v) is 4.82. The smallest absolute Gasteiger partial charge is 0.131 e. The van der Waals surface area contributed by atoms with Gasteiger partial charge in [0.05, 0.1) is 12.6 Å². The van der Waals surface area contributed by atoms with Crippen LogP contribution in [0.15, 0.2) is 24.3 Å². The maximum absolute atomic E-state index is 5.25. The average Bonchev–Trinajstić information content (AvgIpc) is 2.38. The zero-order chi connectivity index (χ0) is 13.8. The predicted octanol–water partition coefficient (Wildman–Crippen LogP) is 2.74. The Morgan fingerprint density at radius 2 is 2.05 bits per heavy atom. The molecule has 102 valence electrons. The Bertz CT molecular complexity index is 567. The highest BCUT2D eigenvalue weighted by atomic mass is 16.5. The van der Waals surface area contributed by atoms with Gasteiger partial charge in [-0.1, -0.05) is 0 Å². The van der Waals surface area contributed by atoms with E-state index in [1.807, 2.05) is 12.1 Å². The largest absolute Gasteiger partial charge is 0.497 e. The van der Waals surface area contributed by atoms with E-state index in [0.29, 0.717) is 0 Å². The van der Waals surface area contributed by atoms with Crippen LogP contribution in [0.1, 0.15) is 12.5 Å². The van der Waals surface area contributed by atoms with Gasteiger partial charge < -0.3 is 15.0 Å². The molecule has 0 aliphatic carbocycles. The quantitative estimate of drug-likeness (QED) is 0.896. The SMILES string of the molecule is CCNc1nc2cc(OC)ccc2cc1CN(C)C. The van der Waals surface area contributed by atoms with E-state index in [9.17, 15) is 0 Å². The number of ether oxygens (including phenoxy) is 1. The first-order chi connectivity index (χ1) is 9.13. The number of nitrogens with zero attached hydrogens (tertiary/aromatic N) is 2. The van der Waals surface area contributed by atoms with Gasteiger partial charge in [0.2, 0.25) is 0 Å². The highest BCUT2D eigenvalue weighted by molar-refractivity contribution is 5.83. The molecule has 1 N–H and O–H groups in total. The summed E-state index contributed by atoms with van der Waals surface area (Å²) in [6, 6.07) is 8.18. The van der Waals surface area contributed by atoms with Crippen molar-refractivity contribution in [3.05, 3.63) is 29.8 Å². The van der Waals surface area contributed by atoms with E-state index in [0.717, 1.165) is 35.6 Å². The van der Waals surface area contributed by atoms with Crippen molar-refractivity contribution in [2.75, 3.05) is 33.1 Å². The molecule has 0 saturated carbocycles. The van der Waals surface area contributed by atoms with Crippen LogP contribution in [-0.4, -0.2) is 37.6 Å². The second kappa shape index (κ2) is 5.89. The molecule has 19 heavy (non-hydrogen) atoms. The molecule has 0 amide bonds. The number of anilines is 1. The first kappa shape index (κ1) is 13.6. The third kappa shape index (κ3) is 3.15. The van der Waals surface area contributed by atoms with Crippen molar-refractivity contribution in [1.82, 2.24) is 9.88 Å². The van der Waals surface area contributed by atoms with Gasteiger partial charge in [0.25, 0.3) is 0 Å². The molecule has 0 aliphatic heterocycles. The number of methoxy groups -OCH3 is 1. The monoisotopic (exact) mass is 259 g/mol. The van der Waals surface area contributed by atoms with Gasteiger partial charge in [0.1, 0.15) is 11.6 Å². The molecule has 0 spiro atoms. The van der Waals surface area contributed by atoms with E-state index in [-0.39, 0.29) is 0 Å². The summed E-state index contributed by atoms with van der Waals surface area (Å²) in [5, 5.41) is 4.47. The summed E-state index contributed by atoms with van der Waals surface area (Å²) < 4.78 is 5.25. The molecule has 0 fully saturated rings. The number of pyridine rings is 1. The van der Waals surface area contributed by atoms with Crippen molar-refractivity contribution in [2.45, 2.75) is 13.5 Å². The highest BCUT2D eigenvalue weighted by Crippen LogP contribution is 2.24. The summed E-state index contributed by atoms with van der Waals surface area (Å²) in [6.45, 7) is 3.82. The lowest BCUT2D eigenvalue weighted by Gasteiger charge is -2.15. The van der Waals surface area contributed by atoms with E-state index in [1.54, 1.807) is 7.11 Å². The van der Waals surface area contributed by atoms with E-state index in [4.69, 9.17) is 9.72 Å². The summed E-state index contributed by atoms with van der Waals surface area (Å²) in [4.78, 5) is 6.85. The standard InChI is InChI=1S/C15H21N3O/c1-5-16-15-12(10-18(2)3)8-11-6-7-13(19-4)9-14(11)17-15/h6-9H,5,10H2,1-4H3,(H,16,17). The van der Waals surface area contributed by atoms with Crippen molar-refractivity contribution in [3.8, 4) is 5.75 Å². The van der Waals surface area contributed by atoms with Crippen LogP contribution in [0.5, 0.6) is 5.75 Å². The molecule has 0 radical (unpaired) electrons. The maximum Gasteiger partial charge on any atom is 0.131 e. The molecular weight excluding hydrogens is 238 g/mol. The van der Waals surface area contributed by atoms with Crippen molar-refractivity contribution in [2.24, 2.45) is 0 Å². The lowest BCUT2D eigenvalue weighted by atomic mass is 10.1. The Balaban J connectivity index is 2.51. The number of rotatable bonds is 5. The second-order valence-electron chi connectivity index (χ2n) is 4.82. The Labute approximate surface area is 114 Å². The van der Waals surface area contributed by atoms with Crippen LogP contribution >= 0.6 is 0 Å². The molecule has 0 atom stereocenters. The number of hydrogen-bond donors (Lipinski definition) is 1. The molecule has 0 aliphatic rings. The Kier molecular flexibility index (Phi) is 4.22. The number of benzene rings is 1. The molecule has 1 heterocycles. The topological polar surface area (TPSA) is 37.4 Å². The highest BCUT2D eigenvalue weighted by Gasteiger charge is 2.08. The minimum Gasteiger partial charge on any atom is -0.497 e. The molecule has 4 heteroatoms. The van der Waals surface area contributed by atoms with Crippen LogP contribution in [0.2, 0.25) is 0 Å². The van der Waals surface area contributed by atoms with Gasteiger partial charge in [-0.15, -0.1) is 0 Å². The molecule has 2 rings (SSSR count). The lowest BCUT2D eigenvalue weighted by Crippen LogP contribution is -2.14. The van der Waals surface area contributed by atoms with Crippen LogP contribution < -0.4 is 10.1 Å². The van der Waals surface area contributed by atoms with Gasteiger partial charge >= 0.3 is 0 Å². The fourth-order valence-corrected chi connectivity index (χ4v) is 2.10. The summed E-state index contributed by atoms with van der Waals surface area (Å²) >= 11 is 0. The van der Waals surface area contributed by atoms with Gasteiger partial charge in [0.15, 0.2) is 0 Å². The first-order valence-electron chi connectivity index (χ1n) is 6.50.